The van der Waals surface area contributed by atoms with Crippen LogP contribution in [0.2, 0.25) is 0 Å². The van der Waals surface area contributed by atoms with Crippen LogP contribution in [0, 0.1) is 0 Å². The average Bonchev–Trinajstić information content (AvgIpc) is 1.80. The Balaban J connectivity index is 0. The van der Waals surface area contributed by atoms with E-state index in [0.717, 1.165) is 0 Å². The van der Waals surface area contributed by atoms with Crippen molar-refractivity contribution in [3.63, 3.8) is 0 Å². The normalized spacial score (nSPS) is 13.2. The zero-order chi connectivity index (χ0) is 9.07. The molecule has 0 unspecified atom stereocenters. The fraction of sp³-hybridized carbons (Fsp3) is 0.667. The number of hydrogen-bond acceptors (Lipinski definition) is 4. The molecule has 0 aromatic rings. The standard InChI is InChI=1S/C3H8NO6P.Co/c4-2(3(5)6)1-10-11(7,8)9;/h2H,1,4H2,(H,5,6)(H2,7,8,9);/t2-;/m0./s1. The summed E-state index contributed by atoms with van der Waals surface area (Å²) in [6.07, 6.45) is 0. The first-order chi connectivity index (χ1) is 4.83. The Morgan fingerprint density at radius 1 is 1.58 bits per heavy atom. The molecular formula is C3H8CoNO6P. The molecule has 1 atom stereocenters. The van der Waals surface area contributed by atoms with Crippen molar-refractivity contribution in [2.24, 2.45) is 5.73 Å². The molecule has 0 fully saturated rings. The Bertz CT molecular complexity index is 191. The van der Waals surface area contributed by atoms with Crippen molar-refractivity contribution in [2.45, 2.75) is 6.04 Å². The molecular weight excluding hydrogens is 236 g/mol. The van der Waals surface area contributed by atoms with Gasteiger partial charge in [0.15, 0.2) is 0 Å². The number of phosphoric acid groups is 1. The maximum atomic E-state index is 9.98. The van der Waals surface area contributed by atoms with E-state index in [1.165, 1.54) is 0 Å². The van der Waals surface area contributed by atoms with E-state index in [1.54, 1.807) is 0 Å². The molecule has 9 heteroatoms. The molecule has 0 heterocycles. The van der Waals surface area contributed by atoms with Gasteiger partial charge in [-0.15, -0.1) is 0 Å². The summed E-state index contributed by atoms with van der Waals surface area (Å²) in [5, 5.41) is 8.12. The molecule has 0 aromatic carbocycles. The Kier molecular flexibility index (Phi) is 6.86. The van der Waals surface area contributed by atoms with Gasteiger partial charge < -0.3 is 20.6 Å². The van der Waals surface area contributed by atoms with E-state index in [2.05, 4.69) is 4.52 Å². The average molecular weight is 244 g/mol. The number of rotatable bonds is 4. The van der Waals surface area contributed by atoms with E-state index < -0.39 is 26.4 Å². The van der Waals surface area contributed by atoms with Crippen molar-refractivity contribution in [2.75, 3.05) is 6.61 Å². The summed E-state index contributed by atoms with van der Waals surface area (Å²) in [7, 11) is -4.60. The third-order valence-electron chi connectivity index (χ3n) is 0.739. The number of phosphoric ester groups is 1. The Hall–Kier alpha value is 0.0465. The predicted molar refractivity (Wildman–Crippen MR) is 33.6 cm³/mol. The molecule has 7 nitrogen and oxygen atoms in total. The van der Waals surface area contributed by atoms with Crippen LogP contribution in [0.1, 0.15) is 0 Å². The summed E-state index contributed by atoms with van der Waals surface area (Å²) in [4.78, 5) is 26.1. The van der Waals surface area contributed by atoms with Crippen LogP contribution in [0.5, 0.6) is 0 Å². The van der Waals surface area contributed by atoms with Gasteiger partial charge in [-0.05, 0) is 0 Å². The van der Waals surface area contributed by atoms with Crippen molar-refractivity contribution in [3.8, 4) is 0 Å². The molecule has 0 bridgehead atoms. The first-order valence-corrected chi connectivity index (χ1v) is 4.04. The van der Waals surface area contributed by atoms with Crippen molar-refractivity contribution in [1.29, 1.82) is 0 Å². The third-order valence-corrected chi connectivity index (χ3v) is 1.22. The van der Waals surface area contributed by atoms with Gasteiger partial charge in [0, 0.05) is 16.8 Å². The quantitative estimate of drug-likeness (QED) is 0.443. The number of hydrogen-bond donors (Lipinski definition) is 4. The van der Waals surface area contributed by atoms with Crippen molar-refractivity contribution < 1.29 is 45.6 Å². The zero-order valence-corrected chi connectivity index (χ0v) is 7.64. The monoisotopic (exact) mass is 244 g/mol. The van der Waals surface area contributed by atoms with Gasteiger partial charge in [-0.2, -0.15) is 0 Å². The number of aliphatic carboxylic acids is 1. The number of carboxylic acids is 1. The predicted octanol–water partition coefficient (Wildman–Crippen LogP) is -1.49. The van der Waals surface area contributed by atoms with Gasteiger partial charge in [0.2, 0.25) is 0 Å². The molecule has 1 radical (unpaired) electrons. The van der Waals surface area contributed by atoms with Crippen molar-refractivity contribution >= 4 is 13.8 Å². The Labute approximate surface area is 78.3 Å². The summed E-state index contributed by atoms with van der Waals surface area (Å²) < 4.78 is 13.8. The van der Waals surface area contributed by atoms with Gasteiger partial charge in [-0.1, -0.05) is 0 Å². The second kappa shape index (κ2) is 5.65. The minimum Gasteiger partial charge on any atom is -0.480 e. The molecule has 0 amide bonds. The number of nitrogens with two attached hydrogens (primary N) is 1. The molecule has 0 aliphatic heterocycles. The van der Waals surface area contributed by atoms with Crippen LogP contribution in [0.15, 0.2) is 0 Å². The second-order valence-corrected chi connectivity index (χ2v) is 2.97. The van der Waals surface area contributed by atoms with E-state index in [-0.39, 0.29) is 16.8 Å². The SMILES string of the molecule is N[C@@H](COP(=O)(O)O)C(=O)O.[Co]. The van der Waals surface area contributed by atoms with E-state index in [0.29, 0.717) is 0 Å². The molecule has 0 saturated heterocycles. The van der Waals surface area contributed by atoms with Crippen LogP contribution in [0.25, 0.3) is 0 Å². The van der Waals surface area contributed by atoms with Crippen LogP contribution < -0.4 is 5.73 Å². The molecule has 0 rings (SSSR count). The summed E-state index contributed by atoms with van der Waals surface area (Å²) in [6.45, 7) is -0.709. The Morgan fingerprint density at radius 3 is 2.25 bits per heavy atom. The summed E-state index contributed by atoms with van der Waals surface area (Å²) >= 11 is 0. The fourth-order valence-corrected chi connectivity index (χ4v) is 0.603. The topological polar surface area (TPSA) is 130 Å². The van der Waals surface area contributed by atoms with Gasteiger partial charge in [0.25, 0.3) is 0 Å². The van der Waals surface area contributed by atoms with E-state index in [9.17, 15) is 9.36 Å². The molecule has 0 spiro atoms. The molecule has 0 aliphatic rings. The first-order valence-electron chi connectivity index (χ1n) is 2.51. The maximum absolute atomic E-state index is 9.98. The summed E-state index contributed by atoms with van der Waals surface area (Å²) in [6, 6.07) is -1.41. The second-order valence-electron chi connectivity index (χ2n) is 1.73. The zero-order valence-electron chi connectivity index (χ0n) is 5.71. The molecule has 75 valence electrons. The Morgan fingerprint density at radius 2 is 2.00 bits per heavy atom. The van der Waals surface area contributed by atoms with E-state index >= 15 is 0 Å². The van der Waals surface area contributed by atoms with Crippen molar-refractivity contribution in [1.82, 2.24) is 0 Å². The van der Waals surface area contributed by atoms with E-state index in [4.69, 9.17) is 20.6 Å². The minimum atomic E-state index is -4.60. The van der Waals surface area contributed by atoms with Crippen LogP contribution in [0.4, 0.5) is 0 Å². The first kappa shape index (κ1) is 14.6. The molecule has 0 saturated carbocycles. The van der Waals surface area contributed by atoms with Gasteiger partial charge in [0.1, 0.15) is 6.04 Å². The van der Waals surface area contributed by atoms with Crippen LogP contribution in [0.3, 0.4) is 0 Å². The molecule has 5 N–H and O–H groups in total. The van der Waals surface area contributed by atoms with Crippen LogP contribution >= 0.6 is 7.82 Å². The molecule has 12 heavy (non-hydrogen) atoms. The number of carbonyl (C=O) groups is 1. The summed E-state index contributed by atoms with van der Waals surface area (Å²) in [5.41, 5.74) is 4.86. The summed E-state index contributed by atoms with van der Waals surface area (Å²) in [5.74, 6) is -1.38. The largest absolute Gasteiger partial charge is 0.480 e. The van der Waals surface area contributed by atoms with E-state index in [1.807, 2.05) is 0 Å². The van der Waals surface area contributed by atoms with Gasteiger partial charge >= 0.3 is 13.8 Å². The van der Waals surface area contributed by atoms with Gasteiger partial charge in [0.05, 0.1) is 6.61 Å². The molecule has 0 aromatic heterocycles. The fourth-order valence-electron chi connectivity index (χ4n) is 0.249. The smallest absolute Gasteiger partial charge is 0.469 e. The third kappa shape index (κ3) is 8.15. The molecule has 0 aliphatic carbocycles. The minimum absolute atomic E-state index is 0. The maximum Gasteiger partial charge on any atom is 0.469 e. The van der Waals surface area contributed by atoms with Gasteiger partial charge in [-0.3, -0.25) is 9.32 Å². The van der Waals surface area contributed by atoms with Gasteiger partial charge in [-0.25, -0.2) is 4.57 Å². The number of carboxylic acid groups (broad SMARTS) is 1. The van der Waals surface area contributed by atoms with Crippen LogP contribution in [-0.4, -0.2) is 33.5 Å². The van der Waals surface area contributed by atoms with Crippen molar-refractivity contribution in [3.05, 3.63) is 0 Å². The van der Waals surface area contributed by atoms with Crippen LogP contribution in [-0.2, 0) is 30.7 Å².